The molecule has 0 fully saturated rings. The summed E-state index contributed by atoms with van der Waals surface area (Å²) in [6, 6.07) is 9.80. The fourth-order valence-electron chi connectivity index (χ4n) is 1.66. The lowest BCUT2D eigenvalue weighted by Gasteiger charge is -1.99. The molecule has 0 aliphatic rings. The van der Waals surface area contributed by atoms with Crippen molar-refractivity contribution >= 4 is 29.4 Å². The summed E-state index contributed by atoms with van der Waals surface area (Å²) in [6.07, 6.45) is 2.59. The van der Waals surface area contributed by atoms with E-state index < -0.39 is 5.82 Å². The molecule has 1 amide bonds. The van der Waals surface area contributed by atoms with Crippen molar-refractivity contribution in [3.05, 3.63) is 64.6 Å². The first-order valence-electron chi connectivity index (χ1n) is 5.98. The second kappa shape index (κ2) is 6.30. The molecular weight excluding hydrogens is 279 g/mol. The summed E-state index contributed by atoms with van der Waals surface area (Å²) in [6.45, 7) is 1.88. The molecule has 1 aromatic heterocycles. The molecule has 20 heavy (non-hydrogen) atoms. The number of H-pyrrole nitrogens is 1. The van der Waals surface area contributed by atoms with Gasteiger partial charge < -0.3 is 0 Å². The number of nitrogens with one attached hydrogen (secondary N) is 2. The molecule has 3 nitrogen and oxygen atoms in total. The SMILES string of the molecule is Cc1cccc(NC(=O)C=Cc2c(F)cccc2Cl)[nH+]1. The maximum atomic E-state index is 13.5. The number of anilines is 1. The molecule has 5 heteroatoms. The number of halogens is 2. The zero-order valence-electron chi connectivity index (χ0n) is 10.8. The fourth-order valence-corrected chi connectivity index (χ4v) is 1.89. The molecule has 2 N–H and O–H groups in total. The minimum Gasteiger partial charge on any atom is -0.245 e. The summed E-state index contributed by atoms with van der Waals surface area (Å²) in [5.41, 5.74) is 1.11. The second-order valence-electron chi connectivity index (χ2n) is 4.21. The quantitative estimate of drug-likeness (QED) is 0.867. The van der Waals surface area contributed by atoms with Gasteiger partial charge in [-0.05, 0) is 31.2 Å². The number of hydrogen-bond acceptors (Lipinski definition) is 1. The first-order chi connectivity index (χ1) is 9.56. The van der Waals surface area contributed by atoms with Crippen LogP contribution in [-0.2, 0) is 4.79 Å². The first kappa shape index (κ1) is 14.2. The number of aromatic amines is 1. The van der Waals surface area contributed by atoms with Crippen molar-refractivity contribution in [2.75, 3.05) is 5.32 Å². The molecule has 0 radical (unpaired) electrons. The number of aryl methyl sites for hydroxylation is 1. The average molecular weight is 292 g/mol. The number of amides is 1. The van der Waals surface area contributed by atoms with Crippen molar-refractivity contribution in [1.29, 1.82) is 0 Å². The van der Waals surface area contributed by atoms with Gasteiger partial charge in [-0.1, -0.05) is 23.7 Å². The Morgan fingerprint density at radius 3 is 2.75 bits per heavy atom. The highest BCUT2D eigenvalue weighted by Gasteiger charge is 2.08. The summed E-state index contributed by atoms with van der Waals surface area (Å²) < 4.78 is 13.5. The van der Waals surface area contributed by atoms with Gasteiger partial charge in [-0.2, -0.15) is 0 Å². The Morgan fingerprint density at radius 1 is 1.30 bits per heavy atom. The number of hydrogen-bond donors (Lipinski definition) is 1. The van der Waals surface area contributed by atoms with Crippen LogP contribution >= 0.6 is 11.6 Å². The van der Waals surface area contributed by atoms with Crippen molar-refractivity contribution in [3.63, 3.8) is 0 Å². The minimum atomic E-state index is -0.469. The zero-order valence-corrected chi connectivity index (χ0v) is 11.5. The van der Waals surface area contributed by atoms with Crippen LogP contribution in [0.25, 0.3) is 6.08 Å². The lowest BCUT2D eigenvalue weighted by atomic mass is 10.2. The Hall–Kier alpha value is -2.20. The standard InChI is InChI=1S/C15H12ClFN2O/c1-10-4-2-7-14(18-10)19-15(20)9-8-11-12(16)5-3-6-13(11)17/h2-9H,1H3,(H,18,19,20)/p+1. The van der Waals surface area contributed by atoms with Crippen molar-refractivity contribution < 1.29 is 14.2 Å². The monoisotopic (exact) mass is 291 g/mol. The van der Waals surface area contributed by atoms with E-state index in [1.165, 1.54) is 24.3 Å². The summed E-state index contributed by atoms with van der Waals surface area (Å²) in [5.74, 6) is -0.269. The van der Waals surface area contributed by atoms with E-state index in [9.17, 15) is 9.18 Å². The van der Waals surface area contributed by atoms with E-state index in [0.29, 0.717) is 5.82 Å². The largest absolute Gasteiger partial charge is 0.331 e. The summed E-state index contributed by atoms with van der Waals surface area (Å²) in [7, 11) is 0. The predicted molar refractivity (Wildman–Crippen MR) is 76.8 cm³/mol. The van der Waals surface area contributed by atoms with Gasteiger partial charge in [0.2, 0.25) is 0 Å². The fraction of sp³-hybridized carbons (Fsp3) is 0.0667. The number of pyridine rings is 1. The smallest absolute Gasteiger partial charge is 0.245 e. The molecule has 0 bridgehead atoms. The summed E-state index contributed by atoms with van der Waals surface area (Å²) in [5, 5.41) is 2.91. The van der Waals surface area contributed by atoms with Gasteiger partial charge in [0, 0.05) is 17.7 Å². The van der Waals surface area contributed by atoms with Gasteiger partial charge in [0.25, 0.3) is 5.82 Å². The van der Waals surface area contributed by atoms with Crippen LogP contribution in [0.1, 0.15) is 11.3 Å². The molecule has 2 aromatic rings. The highest BCUT2D eigenvalue weighted by atomic mass is 35.5. The Bertz CT molecular complexity index is 650. The molecule has 0 spiro atoms. The van der Waals surface area contributed by atoms with Gasteiger partial charge in [0.05, 0.1) is 10.7 Å². The van der Waals surface area contributed by atoms with Crippen LogP contribution in [0.3, 0.4) is 0 Å². The second-order valence-corrected chi connectivity index (χ2v) is 4.61. The number of carbonyl (C=O) groups is 1. The van der Waals surface area contributed by atoms with Crippen LogP contribution in [0, 0.1) is 12.7 Å². The molecule has 102 valence electrons. The van der Waals surface area contributed by atoms with E-state index >= 15 is 0 Å². The van der Waals surface area contributed by atoms with Gasteiger partial charge in [-0.3, -0.25) is 0 Å². The molecule has 0 unspecified atom stereocenters. The Morgan fingerprint density at radius 2 is 2.05 bits per heavy atom. The predicted octanol–water partition coefficient (Wildman–Crippen LogP) is 3.25. The van der Waals surface area contributed by atoms with Crippen molar-refractivity contribution in [1.82, 2.24) is 0 Å². The maximum absolute atomic E-state index is 13.5. The van der Waals surface area contributed by atoms with E-state index in [1.807, 2.05) is 19.1 Å². The molecule has 0 saturated carbocycles. The molecule has 1 heterocycles. The topological polar surface area (TPSA) is 43.2 Å². The van der Waals surface area contributed by atoms with Crippen LogP contribution in [0.15, 0.2) is 42.5 Å². The van der Waals surface area contributed by atoms with E-state index in [1.54, 1.807) is 12.1 Å². The zero-order chi connectivity index (χ0) is 14.5. The number of aromatic nitrogens is 1. The van der Waals surface area contributed by atoms with Crippen molar-refractivity contribution in [2.24, 2.45) is 0 Å². The van der Waals surface area contributed by atoms with Crippen LogP contribution in [-0.4, -0.2) is 5.91 Å². The Balaban J connectivity index is 2.10. The third kappa shape index (κ3) is 3.65. The van der Waals surface area contributed by atoms with E-state index in [-0.39, 0.29) is 16.5 Å². The lowest BCUT2D eigenvalue weighted by Crippen LogP contribution is -2.19. The highest BCUT2D eigenvalue weighted by molar-refractivity contribution is 6.32. The molecule has 0 atom stereocenters. The first-order valence-corrected chi connectivity index (χ1v) is 6.36. The van der Waals surface area contributed by atoms with Crippen molar-refractivity contribution in [3.8, 4) is 0 Å². The Labute approximate surface area is 121 Å². The number of benzene rings is 1. The Kier molecular flexibility index (Phi) is 4.48. The van der Waals surface area contributed by atoms with Crippen LogP contribution in [0.2, 0.25) is 5.02 Å². The molecular formula is C15H13ClFN2O+. The summed E-state index contributed by atoms with van der Waals surface area (Å²) in [4.78, 5) is 14.7. The third-order valence-corrected chi connectivity index (χ3v) is 2.93. The van der Waals surface area contributed by atoms with Gasteiger partial charge in [0.1, 0.15) is 5.82 Å². The van der Waals surface area contributed by atoms with Gasteiger partial charge >= 0.3 is 5.91 Å². The molecule has 0 aliphatic heterocycles. The normalized spacial score (nSPS) is 10.8. The lowest BCUT2D eigenvalue weighted by molar-refractivity contribution is -0.370. The van der Waals surface area contributed by atoms with Gasteiger partial charge in [0.15, 0.2) is 0 Å². The van der Waals surface area contributed by atoms with E-state index in [4.69, 9.17) is 11.6 Å². The maximum Gasteiger partial charge on any atom is 0.331 e. The van der Waals surface area contributed by atoms with Gasteiger partial charge in [-0.25, -0.2) is 19.5 Å². The summed E-state index contributed by atoms with van der Waals surface area (Å²) >= 11 is 5.86. The van der Waals surface area contributed by atoms with Crippen molar-refractivity contribution in [2.45, 2.75) is 6.92 Å². The highest BCUT2D eigenvalue weighted by Crippen LogP contribution is 2.20. The molecule has 1 aromatic carbocycles. The van der Waals surface area contributed by atoms with Crippen LogP contribution in [0.4, 0.5) is 10.2 Å². The van der Waals surface area contributed by atoms with Gasteiger partial charge in [-0.15, -0.1) is 0 Å². The van der Waals surface area contributed by atoms with E-state index in [2.05, 4.69) is 10.3 Å². The van der Waals surface area contributed by atoms with Crippen LogP contribution in [0.5, 0.6) is 0 Å². The number of rotatable bonds is 3. The molecule has 2 rings (SSSR count). The average Bonchev–Trinajstić information content (AvgIpc) is 2.38. The molecule has 0 aliphatic carbocycles. The number of carbonyl (C=O) groups excluding carboxylic acids is 1. The van der Waals surface area contributed by atoms with E-state index in [0.717, 1.165) is 5.69 Å². The van der Waals surface area contributed by atoms with Crippen LogP contribution < -0.4 is 10.3 Å². The molecule has 0 saturated heterocycles. The minimum absolute atomic E-state index is 0.192. The third-order valence-electron chi connectivity index (χ3n) is 2.60.